The molecule has 0 N–H and O–H groups in total. The van der Waals surface area contributed by atoms with Gasteiger partial charge in [0.25, 0.3) is 5.91 Å². The SMILES string of the molecule is CC(=O)N1CCN(C(=O)c2ccc(CSc3nc(N4CCCC[C@@H]4C)cc(C(F)(F)F)n3)o2)CC1. The van der Waals surface area contributed by atoms with Crippen molar-refractivity contribution in [2.24, 2.45) is 0 Å². The Morgan fingerprint density at radius 2 is 1.80 bits per heavy atom. The number of amides is 2. The molecule has 12 heteroatoms. The number of carbonyl (C=O) groups is 2. The predicted octanol–water partition coefficient (Wildman–Crippen LogP) is 4.06. The molecule has 0 bridgehead atoms. The summed E-state index contributed by atoms with van der Waals surface area (Å²) >= 11 is 1.04. The van der Waals surface area contributed by atoms with Gasteiger partial charge in [0.2, 0.25) is 5.91 Å². The average molecular weight is 512 g/mol. The minimum absolute atomic E-state index is 0.0113. The van der Waals surface area contributed by atoms with Crippen LogP contribution in [0.1, 0.15) is 55.1 Å². The standard InChI is InChI=1S/C23H28F3N5O3S/c1-15-5-3-4-8-31(15)20-13-19(23(24,25)26)27-22(28-20)35-14-17-6-7-18(34-17)21(33)30-11-9-29(10-12-30)16(2)32/h6-7,13,15H,3-5,8-12,14H2,1-2H3/t15-/m0/s1. The first-order chi connectivity index (χ1) is 16.6. The number of hydrogen-bond acceptors (Lipinski definition) is 7. The molecule has 0 aromatic carbocycles. The summed E-state index contributed by atoms with van der Waals surface area (Å²) in [6.45, 7) is 5.91. The molecule has 2 saturated heterocycles. The largest absolute Gasteiger partial charge is 0.455 e. The van der Waals surface area contributed by atoms with E-state index in [2.05, 4.69) is 9.97 Å². The monoisotopic (exact) mass is 511 g/mol. The fraction of sp³-hybridized carbons (Fsp3) is 0.565. The normalized spacial score (nSPS) is 19.2. The van der Waals surface area contributed by atoms with Crippen LogP contribution in [0, 0.1) is 0 Å². The molecular weight excluding hydrogens is 483 g/mol. The maximum atomic E-state index is 13.5. The van der Waals surface area contributed by atoms with Crippen LogP contribution < -0.4 is 4.90 Å². The number of carbonyl (C=O) groups excluding carboxylic acids is 2. The number of anilines is 1. The molecule has 0 aliphatic carbocycles. The molecule has 0 saturated carbocycles. The summed E-state index contributed by atoms with van der Waals surface area (Å²) in [6.07, 6.45) is -1.73. The Bertz CT molecular complexity index is 1070. The van der Waals surface area contributed by atoms with Crippen LogP contribution in [0.5, 0.6) is 0 Å². The topological polar surface area (TPSA) is 82.8 Å². The summed E-state index contributed by atoms with van der Waals surface area (Å²) < 4.78 is 46.2. The summed E-state index contributed by atoms with van der Waals surface area (Å²) in [4.78, 5) is 37.5. The third-order valence-electron chi connectivity index (χ3n) is 6.31. The van der Waals surface area contributed by atoms with E-state index in [1.807, 2.05) is 11.8 Å². The van der Waals surface area contributed by atoms with Crippen LogP contribution in [0.25, 0.3) is 0 Å². The average Bonchev–Trinajstić information content (AvgIpc) is 3.31. The molecule has 2 aromatic rings. The summed E-state index contributed by atoms with van der Waals surface area (Å²) in [5.41, 5.74) is -0.970. The van der Waals surface area contributed by atoms with Crippen molar-refractivity contribution >= 4 is 29.4 Å². The van der Waals surface area contributed by atoms with Crippen molar-refractivity contribution in [1.29, 1.82) is 0 Å². The smallest absolute Gasteiger partial charge is 0.433 e. The van der Waals surface area contributed by atoms with Gasteiger partial charge in [-0.3, -0.25) is 9.59 Å². The molecule has 2 aromatic heterocycles. The van der Waals surface area contributed by atoms with E-state index >= 15 is 0 Å². The van der Waals surface area contributed by atoms with Gasteiger partial charge in [-0.1, -0.05) is 11.8 Å². The van der Waals surface area contributed by atoms with Gasteiger partial charge in [-0.2, -0.15) is 13.2 Å². The van der Waals surface area contributed by atoms with E-state index < -0.39 is 11.9 Å². The van der Waals surface area contributed by atoms with Gasteiger partial charge < -0.3 is 19.1 Å². The van der Waals surface area contributed by atoms with Crippen molar-refractivity contribution in [3.05, 3.63) is 35.4 Å². The molecule has 0 spiro atoms. The number of nitrogens with zero attached hydrogens (tertiary/aromatic N) is 5. The van der Waals surface area contributed by atoms with Gasteiger partial charge in [0.05, 0.1) is 5.75 Å². The second kappa shape index (κ2) is 10.5. The highest BCUT2D eigenvalue weighted by Crippen LogP contribution is 2.34. The molecule has 0 radical (unpaired) electrons. The Morgan fingerprint density at radius 3 is 2.46 bits per heavy atom. The van der Waals surface area contributed by atoms with Crippen LogP contribution in [-0.2, 0) is 16.7 Å². The minimum Gasteiger partial charge on any atom is -0.455 e. The first kappa shape index (κ1) is 25.3. The van der Waals surface area contributed by atoms with Crippen LogP contribution in [0.4, 0.5) is 19.0 Å². The molecule has 1 atom stereocenters. The highest BCUT2D eigenvalue weighted by molar-refractivity contribution is 7.98. The molecule has 35 heavy (non-hydrogen) atoms. The van der Waals surface area contributed by atoms with Crippen LogP contribution in [0.15, 0.2) is 27.8 Å². The molecule has 190 valence electrons. The van der Waals surface area contributed by atoms with Crippen LogP contribution in [-0.4, -0.2) is 70.3 Å². The van der Waals surface area contributed by atoms with Gasteiger partial charge in [0, 0.05) is 51.8 Å². The lowest BCUT2D eigenvalue weighted by molar-refractivity contribution is -0.141. The summed E-state index contributed by atoms with van der Waals surface area (Å²) in [5.74, 6) is 0.758. The van der Waals surface area contributed by atoms with E-state index in [9.17, 15) is 22.8 Å². The number of hydrogen-bond donors (Lipinski definition) is 0. The van der Waals surface area contributed by atoms with Crippen molar-refractivity contribution in [2.75, 3.05) is 37.6 Å². The van der Waals surface area contributed by atoms with E-state index in [0.717, 1.165) is 37.1 Å². The minimum atomic E-state index is -4.58. The van der Waals surface area contributed by atoms with E-state index in [-0.39, 0.29) is 40.3 Å². The molecule has 4 heterocycles. The second-order valence-corrected chi connectivity index (χ2v) is 9.73. The van der Waals surface area contributed by atoms with Gasteiger partial charge in [0.1, 0.15) is 11.6 Å². The van der Waals surface area contributed by atoms with E-state index in [4.69, 9.17) is 4.42 Å². The zero-order chi connectivity index (χ0) is 25.2. The van der Waals surface area contributed by atoms with E-state index in [1.165, 1.54) is 6.92 Å². The van der Waals surface area contributed by atoms with Crippen molar-refractivity contribution in [1.82, 2.24) is 19.8 Å². The highest BCUT2D eigenvalue weighted by atomic mass is 32.2. The zero-order valence-corrected chi connectivity index (χ0v) is 20.5. The molecule has 2 aliphatic heterocycles. The number of alkyl halides is 3. The molecule has 2 fully saturated rings. The van der Waals surface area contributed by atoms with E-state index in [0.29, 0.717) is 38.5 Å². The summed E-state index contributed by atoms with van der Waals surface area (Å²) in [5, 5.41) is 0.0113. The Hall–Kier alpha value is -2.76. The summed E-state index contributed by atoms with van der Waals surface area (Å²) in [6, 6.07) is 4.31. The molecule has 8 nitrogen and oxygen atoms in total. The number of rotatable bonds is 5. The Morgan fingerprint density at radius 1 is 1.09 bits per heavy atom. The number of piperidine rings is 1. The lowest BCUT2D eigenvalue weighted by Gasteiger charge is -2.34. The maximum absolute atomic E-state index is 13.5. The predicted molar refractivity (Wildman–Crippen MR) is 124 cm³/mol. The third kappa shape index (κ3) is 6.09. The lowest BCUT2D eigenvalue weighted by atomic mass is 10.0. The molecule has 4 rings (SSSR count). The quantitative estimate of drug-likeness (QED) is 0.442. The van der Waals surface area contributed by atoms with Crippen molar-refractivity contribution in [3.63, 3.8) is 0 Å². The van der Waals surface area contributed by atoms with Gasteiger partial charge >= 0.3 is 6.18 Å². The Kier molecular flexibility index (Phi) is 7.58. The molecule has 0 unspecified atom stereocenters. The fourth-order valence-corrected chi connectivity index (χ4v) is 5.04. The number of aromatic nitrogens is 2. The number of furan rings is 1. The fourth-order valence-electron chi connectivity index (χ4n) is 4.29. The van der Waals surface area contributed by atoms with Crippen molar-refractivity contribution in [3.8, 4) is 0 Å². The van der Waals surface area contributed by atoms with Gasteiger partial charge in [-0.05, 0) is 38.3 Å². The van der Waals surface area contributed by atoms with Crippen LogP contribution in [0.3, 0.4) is 0 Å². The lowest BCUT2D eigenvalue weighted by Crippen LogP contribution is -2.50. The zero-order valence-electron chi connectivity index (χ0n) is 19.7. The third-order valence-corrected chi connectivity index (χ3v) is 7.18. The summed E-state index contributed by atoms with van der Waals surface area (Å²) in [7, 11) is 0. The maximum Gasteiger partial charge on any atom is 0.433 e. The van der Waals surface area contributed by atoms with Crippen molar-refractivity contribution < 1.29 is 27.2 Å². The van der Waals surface area contributed by atoms with Gasteiger partial charge in [0.15, 0.2) is 16.6 Å². The van der Waals surface area contributed by atoms with Crippen LogP contribution >= 0.6 is 11.8 Å². The number of piperazine rings is 1. The Balaban J connectivity index is 1.43. The highest BCUT2D eigenvalue weighted by Gasteiger charge is 2.35. The van der Waals surface area contributed by atoms with E-state index in [1.54, 1.807) is 21.9 Å². The molecule has 2 amide bonds. The van der Waals surface area contributed by atoms with Gasteiger partial charge in [-0.25, -0.2) is 9.97 Å². The van der Waals surface area contributed by atoms with Gasteiger partial charge in [-0.15, -0.1) is 0 Å². The molecular formula is C23H28F3N5O3S. The number of thioether (sulfide) groups is 1. The number of halogens is 3. The second-order valence-electron chi connectivity index (χ2n) is 8.78. The van der Waals surface area contributed by atoms with Crippen molar-refractivity contribution in [2.45, 2.75) is 56.2 Å². The molecule has 2 aliphatic rings. The van der Waals surface area contributed by atoms with Crippen LogP contribution in [0.2, 0.25) is 0 Å². The first-order valence-electron chi connectivity index (χ1n) is 11.6. The Labute approximate surface area is 205 Å². The first-order valence-corrected chi connectivity index (χ1v) is 12.6.